The number of aryl methyl sites for hydroxylation is 1. The van der Waals surface area contributed by atoms with E-state index >= 15 is 0 Å². The lowest BCUT2D eigenvalue weighted by Gasteiger charge is -2.28. The molecule has 11 heteroatoms. The molecule has 1 saturated heterocycles. The minimum Gasteiger partial charge on any atom is -0.465 e. The molecule has 0 spiro atoms. The summed E-state index contributed by atoms with van der Waals surface area (Å²) in [5.41, 5.74) is -1.31. The first-order valence-electron chi connectivity index (χ1n) is 10.9. The first kappa shape index (κ1) is 24.5. The van der Waals surface area contributed by atoms with Crippen molar-refractivity contribution in [1.29, 1.82) is 0 Å². The van der Waals surface area contributed by atoms with E-state index in [4.69, 9.17) is 4.74 Å². The van der Waals surface area contributed by atoms with Gasteiger partial charge in [0.05, 0.1) is 29.2 Å². The van der Waals surface area contributed by atoms with Gasteiger partial charge in [-0.05, 0) is 19.1 Å². The van der Waals surface area contributed by atoms with Crippen molar-refractivity contribution in [3.63, 3.8) is 0 Å². The molecule has 186 valence electrons. The molecule has 8 nitrogen and oxygen atoms in total. The van der Waals surface area contributed by atoms with Crippen molar-refractivity contribution in [1.82, 2.24) is 14.5 Å². The predicted octanol–water partition coefficient (Wildman–Crippen LogP) is 4.41. The minimum atomic E-state index is -2.95. The number of anilines is 1. The lowest BCUT2D eigenvalue weighted by molar-refractivity contribution is -0.00608. The lowest BCUT2D eigenvalue weighted by Crippen LogP contribution is -2.40. The number of nitrogens with zero attached hydrogens (tertiary/aromatic N) is 3. The molecule has 3 heterocycles. The van der Waals surface area contributed by atoms with E-state index < -0.39 is 35.5 Å². The van der Waals surface area contributed by atoms with E-state index in [9.17, 15) is 27.9 Å². The van der Waals surface area contributed by atoms with Gasteiger partial charge in [-0.25, -0.2) is 22.9 Å². The average Bonchev–Trinajstić information content (AvgIpc) is 3.27. The zero-order valence-electron chi connectivity index (χ0n) is 19.4. The molecule has 3 aromatic rings. The molecule has 0 saturated carbocycles. The second-order valence-electron chi connectivity index (χ2n) is 8.58. The molecule has 1 aliphatic rings. The summed E-state index contributed by atoms with van der Waals surface area (Å²) < 4.78 is 48.2. The van der Waals surface area contributed by atoms with Crippen LogP contribution in [0.5, 0.6) is 0 Å². The number of pyridine rings is 2. The van der Waals surface area contributed by atoms with Crippen LogP contribution in [-0.2, 0) is 17.4 Å². The van der Waals surface area contributed by atoms with Crippen LogP contribution in [0.3, 0.4) is 0 Å². The number of hydrogen-bond donors (Lipinski definition) is 2. The number of nitrogens with one attached hydrogen (secondary N) is 1. The summed E-state index contributed by atoms with van der Waals surface area (Å²) in [6.07, 6.45) is -2.28. The summed E-state index contributed by atoms with van der Waals surface area (Å²) in [5, 5.41) is 13.0. The van der Waals surface area contributed by atoms with Gasteiger partial charge in [0.2, 0.25) is 0 Å². The fourth-order valence-corrected chi connectivity index (χ4v) is 4.63. The fourth-order valence-electron chi connectivity index (χ4n) is 4.63. The van der Waals surface area contributed by atoms with Gasteiger partial charge in [0.25, 0.3) is 12.0 Å². The van der Waals surface area contributed by atoms with E-state index in [1.807, 2.05) is 0 Å². The summed E-state index contributed by atoms with van der Waals surface area (Å²) >= 11 is 0. The third-order valence-corrected chi connectivity index (χ3v) is 6.65. The quantitative estimate of drug-likeness (QED) is 0.532. The molecule has 1 aromatic carbocycles. The van der Waals surface area contributed by atoms with Gasteiger partial charge in [0, 0.05) is 44.3 Å². The van der Waals surface area contributed by atoms with Crippen molar-refractivity contribution < 1.29 is 27.8 Å². The Morgan fingerprint density at radius 1 is 1.29 bits per heavy atom. The number of methoxy groups -OCH3 is 1. The minimum absolute atomic E-state index is 0.00929. The zero-order chi connectivity index (χ0) is 25.5. The van der Waals surface area contributed by atoms with Crippen LogP contribution in [0.25, 0.3) is 10.9 Å². The summed E-state index contributed by atoms with van der Waals surface area (Å²) in [5.74, 6) is -0.679. The van der Waals surface area contributed by atoms with Crippen molar-refractivity contribution in [2.45, 2.75) is 31.4 Å². The third kappa shape index (κ3) is 4.20. The number of aromatic nitrogens is 2. The van der Waals surface area contributed by atoms with Crippen LogP contribution in [0, 0.1) is 5.82 Å². The van der Waals surface area contributed by atoms with Gasteiger partial charge >= 0.3 is 6.09 Å². The molecule has 1 unspecified atom stereocenters. The number of rotatable bonds is 6. The number of likely N-dealkylation sites (tertiary alicyclic amines) is 1. The van der Waals surface area contributed by atoms with Crippen LogP contribution in [0.2, 0.25) is 0 Å². The molecule has 35 heavy (non-hydrogen) atoms. The first-order valence-corrected chi connectivity index (χ1v) is 10.9. The fraction of sp³-hybridized carbons (Fsp3) is 0.375. The van der Waals surface area contributed by atoms with E-state index in [2.05, 4.69) is 10.3 Å². The molecule has 1 amide bonds. The van der Waals surface area contributed by atoms with Gasteiger partial charge < -0.3 is 24.6 Å². The number of halogens is 3. The molecule has 2 N–H and O–H groups in total. The Morgan fingerprint density at radius 2 is 2.00 bits per heavy atom. The van der Waals surface area contributed by atoms with E-state index in [0.717, 1.165) is 6.07 Å². The maximum atomic E-state index is 14.7. The normalized spacial score (nSPS) is 18.9. The molecule has 1 aliphatic heterocycles. The van der Waals surface area contributed by atoms with E-state index in [-0.39, 0.29) is 29.8 Å². The molecule has 2 aromatic heterocycles. The lowest BCUT2D eigenvalue weighted by atomic mass is 9.92. The van der Waals surface area contributed by atoms with Crippen LogP contribution < -0.4 is 10.9 Å². The molecule has 1 fully saturated rings. The number of carboxylic acid groups (broad SMARTS) is 1. The Balaban J connectivity index is 1.80. The Kier molecular flexibility index (Phi) is 6.46. The van der Waals surface area contributed by atoms with Crippen LogP contribution in [0.1, 0.15) is 42.5 Å². The zero-order valence-corrected chi connectivity index (χ0v) is 19.4. The number of ether oxygens (including phenoxy) is 1. The standard InChI is InChI=1S/C24H25F3N4O4/c1-13(14-5-4-6-15(19(14)25)20(26)27)29-21-16-11-17(22(32)30(2)18(16)7-9-28-21)24(35-3)8-10-31(12-24)23(33)34/h4-7,9,11,13,20H,8,10,12H2,1-3H3,(H,28,29)(H,33,34)/t13-,24?/m1/s1. The molecule has 0 radical (unpaired) electrons. The molecule has 4 rings (SSSR count). The first-order chi connectivity index (χ1) is 16.6. The Labute approximate surface area is 199 Å². The monoisotopic (exact) mass is 490 g/mol. The van der Waals surface area contributed by atoms with Crippen LogP contribution >= 0.6 is 0 Å². The van der Waals surface area contributed by atoms with Gasteiger partial charge in [0.15, 0.2) is 0 Å². The van der Waals surface area contributed by atoms with Crippen molar-refractivity contribution in [3.05, 3.63) is 69.4 Å². The highest BCUT2D eigenvalue weighted by atomic mass is 19.3. The molecular formula is C24H25F3N4O4. The number of hydrogen-bond acceptors (Lipinski definition) is 5. The molecule has 2 atom stereocenters. The van der Waals surface area contributed by atoms with Crippen molar-refractivity contribution in [2.75, 3.05) is 25.5 Å². The molecule has 0 bridgehead atoms. The summed E-state index contributed by atoms with van der Waals surface area (Å²) in [6, 6.07) is 6.36. The third-order valence-electron chi connectivity index (χ3n) is 6.65. The van der Waals surface area contributed by atoms with Gasteiger partial charge in [-0.15, -0.1) is 0 Å². The van der Waals surface area contributed by atoms with E-state index in [1.54, 1.807) is 26.1 Å². The van der Waals surface area contributed by atoms with E-state index in [0.29, 0.717) is 23.1 Å². The van der Waals surface area contributed by atoms with Gasteiger partial charge in [-0.3, -0.25) is 4.79 Å². The SMILES string of the molecule is COC1(c2cc3c(N[C@H](C)c4cccc(C(F)F)c4F)nccc3n(C)c2=O)CCN(C(=O)O)C1. The number of benzene rings is 1. The Morgan fingerprint density at radius 3 is 2.63 bits per heavy atom. The van der Waals surface area contributed by atoms with Crippen LogP contribution in [0.15, 0.2) is 41.3 Å². The highest BCUT2D eigenvalue weighted by Crippen LogP contribution is 2.36. The largest absolute Gasteiger partial charge is 0.465 e. The summed E-state index contributed by atoms with van der Waals surface area (Å²) in [6.45, 7) is 1.82. The molecule has 0 aliphatic carbocycles. The van der Waals surface area contributed by atoms with E-state index in [1.165, 1.54) is 34.9 Å². The van der Waals surface area contributed by atoms with Gasteiger partial charge in [-0.1, -0.05) is 18.2 Å². The maximum Gasteiger partial charge on any atom is 0.407 e. The van der Waals surface area contributed by atoms with Crippen LogP contribution in [0.4, 0.5) is 23.8 Å². The van der Waals surface area contributed by atoms with Gasteiger partial charge in [0.1, 0.15) is 17.2 Å². The molecular weight excluding hydrogens is 465 g/mol. The number of carbonyl (C=O) groups is 1. The number of amides is 1. The number of fused-ring (bicyclic) bond motifs is 1. The van der Waals surface area contributed by atoms with Gasteiger partial charge in [-0.2, -0.15) is 0 Å². The van der Waals surface area contributed by atoms with Crippen molar-refractivity contribution in [2.24, 2.45) is 7.05 Å². The predicted molar refractivity (Wildman–Crippen MR) is 123 cm³/mol. The Bertz CT molecular complexity index is 1350. The van der Waals surface area contributed by atoms with Crippen LogP contribution in [-0.4, -0.2) is 45.9 Å². The maximum absolute atomic E-state index is 14.7. The average molecular weight is 490 g/mol. The highest BCUT2D eigenvalue weighted by Gasteiger charge is 2.44. The van der Waals surface area contributed by atoms with Crippen molar-refractivity contribution >= 4 is 22.8 Å². The smallest absolute Gasteiger partial charge is 0.407 e. The van der Waals surface area contributed by atoms with Crippen molar-refractivity contribution in [3.8, 4) is 0 Å². The second kappa shape index (κ2) is 9.21. The summed E-state index contributed by atoms with van der Waals surface area (Å²) in [4.78, 5) is 30.3. The Hall–Kier alpha value is -3.60. The topological polar surface area (TPSA) is 96.7 Å². The second-order valence-corrected chi connectivity index (χ2v) is 8.58. The summed E-state index contributed by atoms with van der Waals surface area (Å²) in [7, 11) is 3.01. The number of alkyl halides is 2. The highest BCUT2D eigenvalue weighted by molar-refractivity contribution is 5.90.